The number of carbonyl (C=O) groups excluding carboxylic acids is 1. The quantitative estimate of drug-likeness (QED) is 0.621. The highest BCUT2D eigenvalue weighted by Gasteiger charge is 2.15. The Hall–Kier alpha value is -1.75. The molecule has 0 unspecified atom stereocenters. The second kappa shape index (κ2) is 5.93. The van der Waals surface area contributed by atoms with Crippen molar-refractivity contribution in [2.45, 2.75) is 4.90 Å². The van der Waals surface area contributed by atoms with Crippen molar-refractivity contribution < 1.29 is 18.0 Å². The van der Waals surface area contributed by atoms with Crippen LogP contribution in [-0.4, -0.2) is 11.5 Å². The molecular weight excluding hydrogens is 273 g/mol. The number of thioether (sulfide) groups is 1. The molecule has 0 saturated carbocycles. The summed E-state index contributed by atoms with van der Waals surface area (Å²) in [6, 6.07) is 9.18. The van der Waals surface area contributed by atoms with Crippen LogP contribution < -0.4 is 0 Å². The lowest BCUT2D eigenvalue weighted by atomic mass is 10.1. The molecule has 1 nitrogen and oxygen atoms in total. The lowest BCUT2D eigenvalue weighted by Gasteiger charge is -2.03. The molecule has 2 rings (SSSR count). The summed E-state index contributed by atoms with van der Waals surface area (Å²) in [7, 11) is 0. The van der Waals surface area contributed by atoms with Gasteiger partial charge in [0.25, 0.3) is 0 Å². The lowest BCUT2D eigenvalue weighted by Crippen LogP contribution is -2.06. The van der Waals surface area contributed by atoms with Gasteiger partial charge in [-0.25, -0.2) is 13.2 Å². The molecule has 0 heterocycles. The molecule has 0 fully saturated rings. The smallest absolute Gasteiger partial charge is 0.176 e. The van der Waals surface area contributed by atoms with Crippen molar-refractivity contribution in [2.75, 3.05) is 5.75 Å². The van der Waals surface area contributed by atoms with Crippen molar-refractivity contribution in [1.82, 2.24) is 0 Å². The van der Waals surface area contributed by atoms with Gasteiger partial charge in [0.15, 0.2) is 17.4 Å². The second-order valence-electron chi connectivity index (χ2n) is 3.77. The molecule has 0 spiro atoms. The number of hydrogen-bond donors (Lipinski definition) is 0. The van der Waals surface area contributed by atoms with Crippen LogP contribution in [0.25, 0.3) is 0 Å². The molecule has 2 aromatic carbocycles. The van der Waals surface area contributed by atoms with E-state index in [2.05, 4.69) is 0 Å². The number of hydrogen-bond acceptors (Lipinski definition) is 2. The van der Waals surface area contributed by atoms with Gasteiger partial charge in [0.1, 0.15) is 5.82 Å². The number of ketones is 1. The third kappa shape index (κ3) is 3.38. The maximum atomic E-state index is 13.4. The minimum Gasteiger partial charge on any atom is -0.293 e. The molecule has 0 amide bonds. The summed E-state index contributed by atoms with van der Waals surface area (Å²) in [6.45, 7) is 0. The molecular formula is C14H9F3OS. The van der Waals surface area contributed by atoms with Crippen LogP contribution in [-0.2, 0) is 0 Å². The van der Waals surface area contributed by atoms with E-state index in [0.717, 1.165) is 17.8 Å². The average molecular weight is 282 g/mol. The predicted octanol–water partition coefficient (Wildman–Crippen LogP) is 4.08. The van der Waals surface area contributed by atoms with Gasteiger partial charge in [-0.05, 0) is 30.3 Å². The predicted molar refractivity (Wildman–Crippen MR) is 67.8 cm³/mol. The van der Waals surface area contributed by atoms with E-state index in [1.54, 1.807) is 6.07 Å². The molecule has 2 aromatic rings. The SMILES string of the molecule is O=C(CSc1cccc(F)c1)c1cccc(F)c1F. The van der Waals surface area contributed by atoms with Crippen LogP contribution in [0.1, 0.15) is 10.4 Å². The fraction of sp³-hybridized carbons (Fsp3) is 0.0714. The van der Waals surface area contributed by atoms with E-state index in [1.807, 2.05) is 0 Å². The molecule has 0 aliphatic carbocycles. The van der Waals surface area contributed by atoms with Gasteiger partial charge in [0, 0.05) is 4.90 Å². The van der Waals surface area contributed by atoms with E-state index in [-0.39, 0.29) is 11.3 Å². The van der Waals surface area contributed by atoms with Crippen molar-refractivity contribution in [1.29, 1.82) is 0 Å². The van der Waals surface area contributed by atoms with Gasteiger partial charge in [-0.2, -0.15) is 0 Å². The highest BCUT2D eigenvalue weighted by atomic mass is 32.2. The Morgan fingerprint density at radius 2 is 1.79 bits per heavy atom. The first-order valence-corrected chi connectivity index (χ1v) is 6.42. The van der Waals surface area contributed by atoms with Crippen LogP contribution in [0, 0.1) is 17.5 Å². The van der Waals surface area contributed by atoms with E-state index in [4.69, 9.17) is 0 Å². The topological polar surface area (TPSA) is 17.1 Å². The Morgan fingerprint density at radius 3 is 2.53 bits per heavy atom. The lowest BCUT2D eigenvalue weighted by molar-refractivity contribution is 0.101. The Bertz CT molecular complexity index is 613. The molecule has 98 valence electrons. The maximum Gasteiger partial charge on any atom is 0.176 e. The number of carbonyl (C=O) groups is 1. The first-order valence-electron chi connectivity index (χ1n) is 5.43. The zero-order chi connectivity index (χ0) is 13.8. The van der Waals surface area contributed by atoms with Crippen molar-refractivity contribution in [3.8, 4) is 0 Å². The Kier molecular flexibility index (Phi) is 4.27. The zero-order valence-corrected chi connectivity index (χ0v) is 10.5. The van der Waals surface area contributed by atoms with Gasteiger partial charge in [0.05, 0.1) is 11.3 Å². The van der Waals surface area contributed by atoms with Crippen LogP contribution in [0.15, 0.2) is 47.4 Å². The molecule has 0 atom stereocenters. The number of halogens is 3. The molecule has 0 radical (unpaired) electrons. The first-order chi connectivity index (χ1) is 9.08. The van der Waals surface area contributed by atoms with Gasteiger partial charge in [-0.15, -0.1) is 11.8 Å². The van der Waals surface area contributed by atoms with Crippen LogP contribution in [0.3, 0.4) is 0 Å². The van der Waals surface area contributed by atoms with Crippen molar-refractivity contribution in [3.05, 3.63) is 65.5 Å². The Balaban J connectivity index is 2.08. The van der Waals surface area contributed by atoms with Crippen molar-refractivity contribution in [3.63, 3.8) is 0 Å². The van der Waals surface area contributed by atoms with E-state index in [1.165, 1.54) is 30.3 Å². The molecule has 0 N–H and O–H groups in total. The third-order valence-electron chi connectivity index (χ3n) is 2.42. The summed E-state index contributed by atoms with van der Waals surface area (Å²) in [4.78, 5) is 12.3. The van der Waals surface area contributed by atoms with Gasteiger partial charge in [-0.1, -0.05) is 12.1 Å². The number of Topliss-reactive ketones (excluding diaryl/α,β-unsaturated/α-hetero) is 1. The molecule has 0 aromatic heterocycles. The van der Waals surface area contributed by atoms with E-state index < -0.39 is 23.2 Å². The molecule has 0 bridgehead atoms. The van der Waals surface area contributed by atoms with Crippen molar-refractivity contribution in [2.24, 2.45) is 0 Å². The summed E-state index contributed by atoms with van der Waals surface area (Å²) in [5, 5.41) is 0. The van der Waals surface area contributed by atoms with Crippen molar-refractivity contribution >= 4 is 17.5 Å². The normalized spacial score (nSPS) is 10.5. The summed E-state index contributed by atoms with van der Waals surface area (Å²) in [5.74, 6) is -3.22. The fourth-order valence-electron chi connectivity index (χ4n) is 1.50. The second-order valence-corrected chi connectivity index (χ2v) is 4.82. The third-order valence-corrected chi connectivity index (χ3v) is 3.41. The highest BCUT2D eigenvalue weighted by Crippen LogP contribution is 2.21. The number of benzene rings is 2. The minimum absolute atomic E-state index is 0.0795. The van der Waals surface area contributed by atoms with Crippen LogP contribution in [0.5, 0.6) is 0 Å². The van der Waals surface area contributed by atoms with E-state index in [9.17, 15) is 18.0 Å². The van der Waals surface area contributed by atoms with Crippen LogP contribution >= 0.6 is 11.8 Å². The fourth-order valence-corrected chi connectivity index (χ4v) is 2.33. The van der Waals surface area contributed by atoms with Crippen LogP contribution in [0.2, 0.25) is 0 Å². The Labute approximate surface area is 112 Å². The maximum absolute atomic E-state index is 13.4. The summed E-state index contributed by atoms with van der Waals surface area (Å²) in [6.07, 6.45) is 0. The zero-order valence-electron chi connectivity index (χ0n) is 9.70. The van der Waals surface area contributed by atoms with E-state index in [0.29, 0.717) is 4.90 Å². The van der Waals surface area contributed by atoms with Gasteiger partial charge >= 0.3 is 0 Å². The monoisotopic (exact) mass is 282 g/mol. The largest absolute Gasteiger partial charge is 0.293 e. The van der Waals surface area contributed by atoms with Crippen LogP contribution in [0.4, 0.5) is 13.2 Å². The highest BCUT2D eigenvalue weighted by molar-refractivity contribution is 8.00. The van der Waals surface area contributed by atoms with Gasteiger partial charge in [0.2, 0.25) is 0 Å². The van der Waals surface area contributed by atoms with E-state index >= 15 is 0 Å². The summed E-state index contributed by atoms with van der Waals surface area (Å²) >= 11 is 1.07. The Morgan fingerprint density at radius 1 is 1.05 bits per heavy atom. The average Bonchev–Trinajstić information content (AvgIpc) is 2.39. The molecule has 0 aliphatic heterocycles. The molecule has 19 heavy (non-hydrogen) atoms. The van der Waals surface area contributed by atoms with Gasteiger partial charge in [-0.3, -0.25) is 4.79 Å². The summed E-state index contributed by atoms with van der Waals surface area (Å²) in [5.41, 5.74) is -0.288. The minimum atomic E-state index is -1.15. The molecule has 5 heteroatoms. The first kappa shape index (κ1) is 13.7. The summed E-state index contributed by atoms with van der Waals surface area (Å²) < 4.78 is 39.3. The van der Waals surface area contributed by atoms with Gasteiger partial charge < -0.3 is 0 Å². The molecule has 0 saturated heterocycles. The standard InChI is InChI=1S/C14H9F3OS/c15-9-3-1-4-10(7-9)19-8-13(18)11-5-2-6-12(16)14(11)17/h1-7H,8H2. The number of rotatable bonds is 4. The molecule has 0 aliphatic rings.